The second-order valence-corrected chi connectivity index (χ2v) is 9.54. The number of halogens is 2. The molecule has 3 aromatic rings. The highest BCUT2D eigenvalue weighted by atomic mass is 35.5. The van der Waals surface area contributed by atoms with Crippen molar-refractivity contribution >= 4 is 46.3 Å². The van der Waals surface area contributed by atoms with Crippen LogP contribution < -0.4 is 5.01 Å². The van der Waals surface area contributed by atoms with Gasteiger partial charge in [-0.1, -0.05) is 65.7 Å². The van der Waals surface area contributed by atoms with Crippen molar-refractivity contribution in [3.63, 3.8) is 0 Å². The maximum absolute atomic E-state index is 14.3. The first-order valence-electron chi connectivity index (χ1n) is 10.9. The first-order valence-corrected chi connectivity index (χ1v) is 11.6. The Morgan fingerprint density at radius 2 is 1.27 bits per heavy atom. The average Bonchev–Trinajstić information content (AvgIpc) is 3.08. The molecule has 0 N–H and O–H groups in total. The molecule has 1 amide bonds. The molecule has 0 radical (unpaired) electrons. The third kappa shape index (κ3) is 3.58. The lowest BCUT2D eigenvalue weighted by Gasteiger charge is -2.45. The van der Waals surface area contributed by atoms with Gasteiger partial charge < -0.3 is 0 Å². The number of anilines is 1. The maximum atomic E-state index is 14.3. The van der Waals surface area contributed by atoms with Gasteiger partial charge >= 0.3 is 0 Å². The van der Waals surface area contributed by atoms with E-state index in [2.05, 4.69) is 0 Å². The summed E-state index contributed by atoms with van der Waals surface area (Å²) in [5.74, 6) is -0.707. The van der Waals surface area contributed by atoms with E-state index in [1.165, 1.54) is 5.01 Å². The number of nitrogens with zero attached hydrogens (tertiary/aromatic N) is 2. The molecular formula is C27H22Cl2N2O2. The Morgan fingerprint density at radius 1 is 0.788 bits per heavy atom. The van der Waals surface area contributed by atoms with Crippen molar-refractivity contribution in [1.29, 1.82) is 0 Å². The number of benzene rings is 3. The van der Waals surface area contributed by atoms with Crippen LogP contribution in [0.1, 0.15) is 42.7 Å². The Balaban J connectivity index is 1.72. The highest BCUT2D eigenvalue weighted by molar-refractivity contribution is 6.31. The van der Waals surface area contributed by atoms with E-state index in [1.54, 1.807) is 0 Å². The number of rotatable bonds is 3. The monoisotopic (exact) mass is 476 g/mol. The second-order valence-electron chi connectivity index (χ2n) is 8.66. The zero-order valence-corrected chi connectivity index (χ0v) is 19.6. The van der Waals surface area contributed by atoms with Crippen LogP contribution in [0.25, 0.3) is 0 Å². The molecule has 1 aliphatic heterocycles. The summed E-state index contributed by atoms with van der Waals surface area (Å²) in [4.78, 5) is 27.4. The summed E-state index contributed by atoms with van der Waals surface area (Å²) in [6.45, 7) is 1.91. The van der Waals surface area contributed by atoms with Crippen molar-refractivity contribution in [3.05, 3.63) is 100 Å². The number of carbonyl (C=O) groups is 2. The van der Waals surface area contributed by atoms with Gasteiger partial charge in [0.1, 0.15) is 11.2 Å². The Labute approximate surface area is 202 Å². The standard InChI is InChI=1S/C27H22Cl2N2O2/c1-17-27(26(33)31(30-17)22-5-3-2-4-6-22)24(18-7-11-20(28)12-8-18)15-23(32)16-25(27)19-9-13-21(29)14-10-19/h2-14,24-25H,15-16H2,1H3/t24-,25-/m0/s1. The van der Waals surface area contributed by atoms with Gasteiger partial charge in [0.15, 0.2) is 0 Å². The minimum Gasteiger partial charge on any atom is -0.300 e. The molecule has 1 heterocycles. The first kappa shape index (κ1) is 21.9. The fourth-order valence-corrected chi connectivity index (χ4v) is 5.66. The van der Waals surface area contributed by atoms with Crippen LogP contribution in [0.5, 0.6) is 0 Å². The average molecular weight is 477 g/mol. The fourth-order valence-electron chi connectivity index (χ4n) is 5.41. The largest absolute Gasteiger partial charge is 0.300 e. The van der Waals surface area contributed by atoms with Crippen LogP contribution in [-0.2, 0) is 9.59 Å². The molecule has 0 bridgehead atoms. The molecule has 5 rings (SSSR count). The lowest BCUT2D eigenvalue weighted by Crippen LogP contribution is -2.52. The molecule has 1 fully saturated rings. The molecule has 0 aromatic heterocycles. The molecule has 166 valence electrons. The summed E-state index contributed by atoms with van der Waals surface area (Å²) in [5, 5.41) is 7.48. The molecule has 6 heteroatoms. The lowest BCUT2D eigenvalue weighted by molar-refractivity contribution is -0.131. The van der Waals surface area contributed by atoms with Gasteiger partial charge in [-0.2, -0.15) is 10.1 Å². The van der Waals surface area contributed by atoms with Gasteiger partial charge in [-0.3, -0.25) is 9.59 Å². The number of hydrogen-bond donors (Lipinski definition) is 0. The Hall–Kier alpha value is -2.95. The molecular weight excluding hydrogens is 455 g/mol. The summed E-state index contributed by atoms with van der Waals surface area (Å²) in [6, 6.07) is 24.3. The van der Waals surface area contributed by atoms with Crippen LogP contribution in [0.2, 0.25) is 10.0 Å². The van der Waals surface area contributed by atoms with E-state index in [1.807, 2.05) is 85.8 Å². The van der Waals surface area contributed by atoms with Gasteiger partial charge in [-0.15, -0.1) is 0 Å². The molecule has 0 saturated heterocycles. The lowest BCUT2D eigenvalue weighted by atomic mass is 9.54. The van der Waals surface area contributed by atoms with Gasteiger partial charge in [0.25, 0.3) is 5.91 Å². The fraction of sp³-hybridized carbons (Fsp3) is 0.222. The van der Waals surface area contributed by atoms with Crippen molar-refractivity contribution < 1.29 is 9.59 Å². The van der Waals surface area contributed by atoms with E-state index < -0.39 is 5.41 Å². The van der Waals surface area contributed by atoms with Gasteiger partial charge in [-0.25, -0.2) is 0 Å². The van der Waals surface area contributed by atoms with Crippen molar-refractivity contribution in [1.82, 2.24) is 0 Å². The van der Waals surface area contributed by atoms with Crippen molar-refractivity contribution in [3.8, 4) is 0 Å². The highest BCUT2D eigenvalue weighted by Crippen LogP contribution is 2.58. The number of para-hydroxylation sites is 1. The van der Waals surface area contributed by atoms with Crippen LogP contribution in [0.3, 0.4) is 0 Å². The van der Waals surface area contributed by atoms with E-state index in [9.17, 15) is 9.59 Å². The number of hydrazone groups is 1. The first-order chi connectivity index (χ1) is 15.9. The Morgan fingerprint density at radius 3 is 1.76 bits per heavy atom. The molecule has 4 nitrogen and oxygen atoms in total. The molecule has 1 saturated carbocycles. The van der Waals surface area contributed by atoms with Crippen LogP contribution in [0.15, 0.2) is 84.0 Å². The van der Waals surface area contributed by atoms with Crippen LogP contribution >= 0.6 is 23.2 Å². The third-order valence-electron chi connectivity index (χ3n) is 6.90. The predicted molar refractivity (Wildman–Crippen MR) is 132 cm³/mol. The van der Waals surface area contributed by atoms with E-state index in [0.717, 1.165) is 11.1 Å². The highest BCUT2D eigenvalue weighted by Gasteiger charge is 2.62. The van der Waals surface area contributed by atoms with Gasteiger partial charge in [0.05, 0.1) is 11.4 Å². The van der Waals surface area contributed by atoms with Gasteiger partial charge in [-0.05, 0) is 54.4 Å². The van der Waals surface area contributed by atoms with Crippen LogP contribution in [-0.4, -0.2) is 17.4 Å². The van der Waals surface area contributed by atoms with Crippen molar-refractivity contribution in [2.75, 3.05) is 5.01 Å². The van der Waals surface area contributed by atoms with E-state index in [4.69, 9.17) is 28.3 Å². The number of hydrogen-bond acceptors (Lipinski definition) is 3. The molecule has 3 aromatic carbocycles. The van der Waals surface area contributed by atoms with Gasteiger partial charge in [0, 0.05) is 34.7 Å². The van der Waals surface area contributed by atoms with Crippen LogP contribution in [0.4, 0.5) is 5.69 Å². The number of ketones is 1. The maximum Gasteiger partial charge on any atom is 0.260 e. The van der Waals surface area contributed by atoms with Crippen molar-refractivity contribution in [2.45, 2.75) is 31.6 Å². The Bertz CT molecular complexity index is 1180. The summed E-state index contributed by atoms with van der Waals surface area (Å²) in [6.07, 6.45) is 0.542. The summed E-state index contributed by atoms with van der Waals surface area (Å²) < 4.78 is 0. The predicted octanol–water partition coefficient (Wildman–Crippen LogP) is 6.63. The number of amides is 1. The molecule has 1 spiro atoms. The number of Topliss-reactive ketones (excluding diaryl/α,β-unsaturated/α-hetero) is 1. The normalized spacial score (nSPS) is 22.0. The van der Waals surface area contributed by atoms with Crippen LogP contribution in [0, 0.1) is 5.41 Å². The van der Waals surface area contributed by atoms with E-state index >= 15 is 0 Å². The summed E-state index contributed by atoms with van der Waals surface area (Å²) >= 11 is 12.3. The molecule has 33 heavy (non-hydrogen) atoms. The molecule has 1 aliphatic carbocycles. The molecule has 2 atom stereocenters. The second kappa shape index (κ2) is 8.44. The summed E-state index contributed by atoms with van der Waals surface area (Å²) in [7, 11) is 0. The quantitative estimate of drug-likeness (QED) is 0.425. The van der Waals surface area contributed by atoms with E-state index in [-0.39, 0.29) is 36.4 Å². The minimum atomic E-state index is -0.995. The minimum absolute atomic E-state index is 0.112. The van der Waals surface area contributed by atoms with E-state index in [0.29, 0.717) is 21.4 Å². The summed E-state index contributed by atoms with van der Waals surface area (Å²) in [5.41, 5.74) is 2.24. The zero-order valence-electron chi connectivity index (χ0n) is 18.0. The zero-order chi connectivity index (χ0) is 23.2. The Kier molecular flexibility index (Phi) is 5.59. The van der Waals surface area contributed by atoms with Gasteiger partial charge in [0.2, 0.25) is 0 Å². The topological polar surface area (TPSA) is 49.7 Å². The SMILES string of the molecule is CC1=NN(c2ccccc2)C(=O)C12[C@H](c1ccc(Cl)cc1)CC(=O)C[C@H]2c1ccc(Cl)cc1. The third-order valence-corrected chi connectivity index (χ3v) is 7.41. The molecule has 0 unspecified atom stereocenters. The number of carbonyl (C=O) groups excluding carboxylic acids is 2. The smallest absolute Gasteiger partial charge is 0.260 e. The van der Waals surface area contributed by atoms with Crippen molar-refractivity contribution in [2.24, 2.45) is 10.5 Å². The molecule has 2 aliphatic rings.